The van der Waals surface area contributed by atoms with Crippen molar-refractivity contribution in [2.75, 3.05) is 0 Å². The minimum absolute atomic E-state index is 0.0419. The number of aromatic nitrogens is 5. The molecule has 0 atom stereocenters. The Kier molecular flexibility index (Phi) is 7.24. The predicted molar refractivity (Wildman–Crippen MR) is 175 cm³/mol. The topological polar surface area (TPSA) is 145 Å². The standard InChI is InChI=1S/C37H25N5O4/c43-31-20-27(33(45)18-25(31)29-10-4-6-16-38-29)36-40-35(24-14-12-23(13-15-24)22-8-2-1-3-9-22)41-37(42-36)28-21-32(44)26(19-34(28)46)30-11-5-7-17-39-30/h1-21,43-46H. The average molecular weight is 604 g/mol. The van der Waals surface area contributed by atoms with E-state index in [1.807, 2.05) is 54.6 Å². The van der Waals surface area contributed by atoms with Gasteiger partial charge in [-0.3, -0.25) is 9.97 Å². The molecule has 0 radical (unpaired) electrons. The first-order valence-electron chi connectivity index (χ1n) is 14.3. The van der Waals surface area contributed by atoms with Crippen LogP contribution in [0.4, 0.5) is 0 Å². The van der Waals surface area contributed by atoms with E-state index < -0.39 is 0 Å². The monoisotopic (exact) mass is 603 g/mol. The number of benzene rings is 4. The normalized spacial score (nSPS) is 11.0. The van der Waals surface area contributed by atoms with E-state index in [4.69, 9.17) is 0 Å². The van der Waals surface area contributed by atoms with Crippen LogP contribution in [0.1, 0.15) is 0 Å². The van der Waals surface area contributed by atoms with Gasteiger partial charge < -0.3 is 20.4 Å². The minimum atomic E-state index is -0.196. The van der Waals surface area contributed by atoms with Crippen LogP contribution in [0.3, 0.4) is 0 Å². The van der Waals surface area contributed by atoms with Crippen LogP contribution >= 0.6 is 0 Å². The van der Waals surface area contributed by atoms with Crippen molar-refractivity contribution in [3.8, 4) is 90.8 Å². The smallest absolute Gasteiger partial charge is 0.167 e. The molecule has 0 saturated heterocycles. The predicted octanol–water partition coefficient (Wildman–Crippen LogP) is 7.49. The highest BCUT2D eigenvalue weighted by Crippen LogP contribution is 2.41. The second kappa shape index (κ2) is 11.8. The fourth-order valence-corrected chi connectivity index (χ4v) is 5.15. The van der Waals surface area contributed by atoms with Gasteiger partial charge >= 0.3 is 0 Å². The Labute approximate surface area is 263 Å². The molecule has 7 rings (SSSR count). The van der Waals surface area contributed by atoms with Crippen LogP contribution in [0.5, 0.6) is 23.0 Å². The van der Waals surface area contributed by atoms with Crippen molar-refractivity contribution in [1.29, 1.82) is 0 Å². The molecular formula is C37H25N5O4. The van der Waals surface area contributed by atoms with Crippen LogP contribution in [0.15, 0.2) is 128 Å². The number of phenolic OH excluding ortho intramolecular Hbond substituents is 4. The third kappa shape index (κ3) is 5.44. The number of hydrogen-bond acceptors (Lipinski definition) is 9. The largest absolute Gasteiger partial charge is 0.507 e. The summed E-state index contributed by atoms with van der Waals surface area (Å²) < 4.78 is 0. The van der Waals surface area contributed by atoms with Crippen LogP contribution in [0.2, 0.25) is 0 Å². The maximum absolute atomic E-state index is 11.1. The highest BCUT2D eigenvalue weighted by molar-refractivity contribution is 5.81. The summed E-state index contributed by atoms with van der Waals surface area (Å²) in [6.45, 7) is 0. The minimum Gasteiger partial charge on any atom is -0.507 e. The molecule has 4 aromatic carbocycles. The van der Waals surface area contributed by atoms with Crippen molar-refractivity contribution in [3.05, 3.63) is 128 Å². The lowest BCUT2D eigenvalue weighted by atomic mass is 10.0. The Morgan fingerprint density at radius 3 is 1.22 bits per heavy atom. The molecule has 9 nitrogen and oxygen atoms in total. The summed E-state index contributed by atoms with van der Waals surface area (Å²) in [7, 11) is 0. The third-order valence-corrected chi connectivity index (χ3v) is 7.48. The Morgan fingerprint density at radius 2 is 0.739 bits per heavy atom. The van der Waals surface area contributed by atoms with Crippen LogP contribution in [-0.2, 0) is 0 Å². The van der Waals surface area contributed by atoms with E-state index in [2.05, 4.69) is 24.9 Å². The van der Waals surface area contributed by atoms with E-state index in [-0.39, 0.29) is 51.6 Å². The number of nitrogens with zero attached hydrogens (tertiary/aromatic N) is 5. The zero-order valence-electron chi connectivity index (χ0n) is 24.1. The van der Waals surface area contributed by atoms with E-state index in [9.17, 15) is 20.4 Å². The SMILES string of the molecule is Oc1cc(-c2nc(-c3ccc(-c4ccccc4)cc3)nc(-c3cc(O)c(-c4ccccn4)cc3O)n2)c(O)cc1-c1ccccn1. The zero-order valence-corrected chi connectivity index (χ0v) is 24.1. The van der Waals surface area contributed by atoms with Gasteiger partial charge in [0.05, 0.1) is 22.5 Å². The van der Waals surface area contributed by atoms with E-state index in [1.54, 1.807) is 48.8 Å². The molecular weight excluding hydrogens is 578 g/mol. The fraction of sp³-hybridized carbons (Fsp3) is 0. The van der Waals surface area contributed by atoms with Gasteiger partial charge in [0.15, 0.2) is 17.5 Å². The van der Waals surface area contributed by atoms with E-state index in [0.717, 1.165) is 11.1 Å². The van der Waals surface area contributed by atoms with Crippen molar-refractivity contribution in [2.24, 2.45) is 0 Å². The first kappa shape index (κ1) is 28.2. The number of phenols is 4. The van der Waals surface area contributed by atoms with Gasteiger partial charge in [-0.1, -0.05) is 66.7 Å². The highest BCUT2D eigenvalue weighted by Gasteiger charge is 2.21. The quantitative estimate of drug-likeness (QED) is 0.142. The summed E-state index contributed by atoms with van der Waals surface area (Å²) in [6, 6.07) is 33.6. The summed E-state index contributed by atoms with van der Waals surface area (Å²) in [5, 5.41) is 44.2. The van der Waals surface area contributed by atoms with Gasteiger partial charge in [-0.2, -0.15) is 0 Å². The van der Waals surface area contributed by atoms with Gasteiger partial charge in [0.2, 0.25) is 0 Å². The summed E-state index contributed by atoms with van der Waals surface area (Å²) in [4.78, 5) is 22.4. The first-order chi connectivity index (χ1) is 22.4. The molecule has 0 saturated carbocycles. The lowest BCUT2D eigenvalue weighted by molar-refractivity contribution is 0.462. The molecule has 3 aromatic heterocycles. The second-order valence-electron chi connectivity index (χ2n) is 10.5. The molecule has 0 aliphatic rings. The van der Waals surface area contributed by atoms with Crippen LogP contribution in [0, 0.1) is 0 Å². The molecule has 0 unspecified atom stereocenters. The van der Waals surface area contributed by atoms with Crippen LogP contribution in [0.25, 0.3) is 67.8 Å². The molecule has 0 bridgehead atoms. The van der Waals surface area contributed by atoms with Gasteiger partial charge in [-0.25, -0.2) is 15.0 Å². The summed E-state index contributed by atoms with van der Waals surface area (Å²) in [5.41, 5.74) is 4.59. The molecule has 9 heteroatoms. The summed E-state index contributed by atoms with van der Waals surface area (Å²) in [5.74, 6) is -0.331. The van der Waals surface area contributed by atoms with Crippen molar-refractivity contribution < 1.29 is 20.4 Å². The van der Waals surface area contributed by atoms with Gasteiger partial charge in [-0.15, -0.1) is 0 Å². The second-order valence-corrected chi connectivity index (χ2v) is 10.5. The average Bonchev–Trinajstić information content (AvgIpc) is 3.11. The van der Waals surface area contributed by atoms with Crippen LogP contribution in [-0.4, -0.2) is 45.3 Å². The van der Waals surface area contributed by atoms with Gasteiger partial charge in [-0.05, 0) is 59.7 Å². The highest BCUT2D eigenvalue weighted by atomic mass is 16.3. The van der Waals surface area contributed by atoms with E-state index in [1.165, 1.54) is 24.3 Å². The Bertz CT molecular complexity index is 2060. The van der Waals surface area contributed by atoms with Gasteiger partial charge in [0.25, 0.3) is 0 Å². The van der Waals surface area contributed by atoms with E-state index in [0.29, 0.717) is 28.1 Å². The summed E-state index contributed by atoms with van der Waals surface area (Å²) >= 11 is 0. The Hall–Kier alpha value is -6.61. The van der Waals surface area contributed by atoms with Gasteiger partial charge in [0.1, 0.15) is 23.0 Å². The molecule has 7 aromatic rings. The Morgan fingerprint density at radius 1 is 0.348 bits per heavy atom. The van der Waals surface area contributed by atoms with Crippen molar-refractivity contribution in [2.45, 2.75) is 0 Å². The molecule has 0 fully saturated rings. The van der Waals surface area contributed by atoms with Crippen molar-refractivity contribution >= 4 is 0 Å². The maximum atomic E-state index is 11.1. The number of rotatable bonds is 6. The molecule has 46 heavy (non-hydrogen) atoms. The number of pyridine rings is 2. The molecule has 0 spiro atoms. The third-order valence-electron chi connectivity index (χ3n) is 7.48. The van der Waals surface area contributed by atoms with E-state index >= 15 is 0 Å². The molecule has 4 N–H and O–H groups in total. The molecule has 0 aliphatic carbocycles. The lowest BCUT2D eigenvalue weighted by Gasteiger charge is -2.13. The van der Waals surface area contributed by atoms with Gasteiger partial charge in [0, 0.05) is 29.1 Å². The van der Waals surface area contributed by atoms with Crippen molar-refractivity contribution in [3.63, 3.8) is 0 Å². The van der Waals surface area contributed by atoms with Crippen molar-refractivity contribution in [1.82, 2.24) is 24.9 Å². The lowest BCUT2D eigenvalue weighted by Crippen LogP contribution is -2.01. The molecule has 0 aliphatic heterocycles. The fourth-order valence-electron chi connectivity index (χ4n) is 5.15. The summed E-state index contributed by atoms with van der Waals surface area (Å²) in [6.07, 6.45) is 3.18. The number of hydrogen-bond donors (Lipinski definition) is 4. The van der Waals surface area contributed by atoms with Crippen LogP contribution < -0.4 is 0 Å². The number of aromatic hydroxyl groups is 4. The zero-order chi connectivity index (χ0) is 31.6. The molecule has 222 valence electrons. The Balaban J connectivity index is 1.38. The molecule has 3 heterocycles. The molecule has 0 amide bonds. The maximum Gasteiger partial charge on any atom is 0.167 e. The first-order valence-corrected chi connectivity index (χ1v) is 14.3.